The molecular formula is C10H16N2O2. The van der Waals surface area contributed by atoms with Gasteiger partial charge in [-0.15, -0.1) is 0 Å². The normalized spacial score (nSPS) is 18.6. The van der Waals surface area contributed by atoms with Crippen molar-refractivity contribution >= 4 is 5.91 Å². The molecule has 0 aliphatic carbocycles. The lowest BCUT2D eigenvalue weighted by Gasteiger charge is -2.25. The number of hydrogen-bond acceptors (Lipinski definition) is 3. The summed E-state index contributed by atoms with van der Waals surface area (Å²) >= 11 is 0. The van der Waals surface area contributed by atoms with Gasteiger partial charge in [-0.25, -0.2) is 0 Å². The zero-order chi connectivity index (χ0) is 10.6. The van der Waals surface area contributed by atoms with Gasteiger partial charge in [0.05, 0.1) is 6.07 Å². The number of nitrogens with one attached hydrogen (secondary N) is 1. The Morgan fingerprint density at radius 3 is 2.57 bits per heavy atom. The lowest BCUT2D eigenvalue weighted by atomic mass is 9.97. The van der Waals surface area contributed by atoms with E-state index in [4.69, 9.17) is 10.00 Å². The lowest BCUT2D eigenvalue weighted by molar-refractivity contribution is -0.128. The fraction of sp³-hybridized carbons (Fsp3) is 0.800. The topological polar surface area (TPSA) is 62.1 Å². The molecule has 0 bridgehead atoms. The van der Waals surface area contributed by atoms with Crippen LogP contribution in [-0.4, -0.2) is 24.7 Å². The predicted molar refractivity (Wildman–Crippen MR) is 51.4 cm³/mol. The summed E-state index contributed by atoms with van der Waals surface area (Å²) in [7, 11) is 0. The van der Waals surface area contributed by atoms with Gasteiger partial charge in [-0.3, -0.25) is 4.79 Å². The summed E-state index contributed by atoms with van der Waals surface area (Å²) in [4.78, 5) is 11.7. The van der Waals surface area contributed by atoms with Crippen molar-refractivity contribution in [3.8, 4) is 6.07 Å². The number of hydrogen-bond donors (Lipinski definition) is 1. The van der Waals surface area contributed by atoms with Crippen molar-refractivity contribution in [2.75, 3.05) is 13.2 Å². The number of carbonyl (C=O) groups excluding carboxylic acids is 1. The molecule has 0 atom stereocenters. The Kier molecular flexibility index (Phi) is 3.48. The standard InChI is InChI=1S/C10H16N2O2/c1-10(2,7-11)12-9(13)8-3-5-14-6-4-8/h8H,3-6H2,1-2H3,(H,12,13). The van der Waals surface area contributed by atoms with Gasteiger partial charge < -0.3 is 10.1 Å². The minimum atomic E-state index is -0.768. The average molecular weight is 196 g/mol. The molecule has 0 aromatic heterocycles. The second-order valence-corrected chi connectivity index (χ2v) is 4.11. The molecule has 0 spiro atoms. The van der Waals surface area contributed by atoms with Gasteiger partial charge in [0.15, 0.2) is 0 Å². The average Bonchev–Trinajstić information content (AvgIpc) is 2.19. The van der Waals surface area contributed by atoms with E-state index < -0.39 is 5.54 Å². The molecule has 1 aliphatic rings. The van der Waals surface area contributed by atoms with Crippen LogP contribution < -0.4 is 5.32 Å². The van der Waals surface area contributed by atoms with Gasteiger partial charge in [-0.05, 0) is 26.7 Å². The summed E-state index contributed by atoms with van der Waals surface area (Å²) in [5, 5.41) is 11.5. The van der Waals surface area contributed by atoms with Gasteiger partial charge in [-0.2, -0.15) is 5.26 Å². The van der Waals surface area contributed by atoms with Crippen molar-refractivity contribution in [3.63, 3.8) is 0 Å². The van der Waals surface area contributed by atoms with Crippen LogP contribution in [0.4, 0.5) is 0 Å². The van der Waals surface area contributed by atoms with Crippen LogP contribution in [0.5, 0.6) is 0 Å². The second kappa shape index (κ2) is 4.43. The molecule has 1 saturated heterocycles. The zero-order valence-corrected chi connectivity index (χ0v) is 8.67. The molecule has 1 N–H and O–H groups in total. The van der Waals surface area contributed by atoms with Crippen molar-refractivity contribution in [3.05, 3.63) is 0 Å². The van der Waals surface area contributed by atoms with Crippen LogP contribution >= 0.6 is 0 Å². The Bertz CT molecular complexity index is 249. The zero-order valence-electron chi connectivity index (χ0n) is 8.67. The van der Waals surface area contributed by atoms with E-state index in [1.54, 1.807) is 13.8 Å². The van der Waals surface area contributed by atoms with E-state index in [1.807, 2.05) is 6.07 Å². The lowest BCUT2D eigenvalue weighted by Crippen LogP contribution is -2.46. The molecule has 0 radical (unpaired) electrons. The minimum absolute atomic E-state index is 0.0105. The summed E-state index contributed by atoms with van der Waals surface area (Å²) in [5.74, 6) is -0.0174. The summed E-state index contributed by atoms with van der Waals surface area (Å²) in [5.41, 5.74) is -0.768. The van der Waals surface area contributed by atoms with E-state index in [9.17, 15) is 4.79 Å². The monoisotopic (exact) mass is 196 g/mol. The van der Waals surface area contributed by atoms with Crippen LogP contribution in [0.3, 0.4) is 0 Å². The number of carbonyl (C=O) groups is 1. The first-order valence-electron chi connectivity index (χ1n) is 4.86. The second-order valence-electron chi connectivity index (χ2n) is 4.11. The maximum absolute atomic E-state index is 11.7. The quantitative estimate of drug-likeness (QED) is 0.711. The van der Waals surface area contributed by atoms with Crippen molar-refractivity contribution in [2.45, 2.75) is 32.2 Å². The molecule has 1 fully saturated rings. The Morgan fingerprint density at radius 1 is 1.50 bits per heavy atom. The Morgan fingerprint density at radius 2 is 2.07 bits per heavy atom. The fourth-order valence-corrected chi connectivity index (χ4v) is 1.40. The summed E-state index contributed by atoms with van der Waals surface area (Å²) in [6.45, 7) is 4.69. The van der Waals surface area contributed by atoms with Crippen LogP contribution in [0.15, 0.2) is 0 Å². The van der Waals surface area contributed by atoms with E-state index in [2.05, 4.69) is 5.32 Å². The van der Waals surface area contributed by atoms with Crippen molar-refractivity contribution in [1.29, 1.82) is 5.26 Å². The third kappa shape index (κ3) is 3.00. The first kappa shape index (κ1) is 11.0. The molecule has 0 saturated carbocycles. The molecule has 0 aromatic carbocycles. The largest absolute Gasteiger partial charge is 0.381 e. The van der Waals surface area contributed by atoms with Crippen molar-refractivity contribution in [2.24, 2.45) is 5.92 Å². The first-order valence-corrected chi connectivity index (χ1v) is 4.86. The van der Waals surface area contributed by atoms with Crippen LogP contribution in [0.25, 0.3) is 0 Å². The van der Waals surface area contributed by atoms with Gasteiger partial charge in [0.1, 0.15) is 5.54 Å². The number of rotatable bonds is 2. The maximum atomic E-state index is 11.7. The Hall–Kier alpha value is -1.08. The highest BCUT2D eigenvalue weighted by Gasteiger charge is 2.26. The molecule has 0 unspecified atom stereocenters. The van der Waals surface area contributed by atoms with Crippen LogP contribution in [-0.2, 0) is 9.53 Å². The fourth-order valence-electron chi connectivity index (χ4n) is 1.40. The summed E-state index contributed by atoms with van der Waals surface area (Å²) in [6.07, 6.45) is 1.51. The number of ether oxygens (including phenoxy) is 1. The van der Waals surface area contributed by atoms with Gasteiger partial charge in [0.2, 0.25) is 5.91 Å². The maximum Gasteiger partial charge on any atom is 0.224 e. The van der Waals surface area contributed by atoms with E-state index in [1.165, 1.54) is 0 Å². The molecule has 1 rings (SSSR count). The van der Waals surface area contributed by atoms with Crippen molar-refractivity contribution < 1.29 is 9.53 Å². The highest BCUT2D eigenvalue weighted by molar-refractivity contribution is 5.79. The molecule has 4 heteroatoms. The molecular weight excluding hydrogens is 180 g/mol. The third-order valence-electron chi connectivity index (χ3n) is 2.31. The third-order valence-corrected chi connectivity index (χ3v) is 2.31. The predicted octanol–water partition coefficient (Wildman–Crippen LogP) is 0.831. The Labute approximate surface area is 84.2 Å². The van der Waals surface area contributed by atoms with Gasteiger partial charge in [-0.1, -0.05) is 0 Å². The molecule has 1 aliphatic heterocycles. The van der Waals surface area contributed by atoms with Crippen molar-refractivity contribution in [1.82, 2.24) is 5.32 Å². The number of nitriles is 1. The smallest absolute Gasteiger partial charge is 0.224 e. The van der Waals surface area contributed by atoms with E-state index in [-0.39, 0.29) is 11.8 Å². The highest BCUT2D eigenvalue weighted by Crippen LogP contribution is 2.15. The van der Waals surface area contributed by atoms with Crippen LogP contribution in [0.1, 0.15) is 26.7 Å². The molecule has 78 valence electrons. The SMILES string of the molecule is CC(C)(C#N)NC(=O)C1CCOCC1. The highest BCUT2D eigenvalue weighted by atomic mass is 16.5. The number of nitrogens with zero attached hydrogens (tertiary/aromatic N) is 1. The van der Waals surface area contributed by atoms with Crippen LogP contribution in [0, 0.1) is 17.2 Å². The van der Waals surface area contributed by atoms with Gasteiger partial charge >= 0.3 is 0 Å². The summed E-state index contributed by atoms with van der Waals surface area (Å²) < 4.78 is 5.16. The molecule has 1 amide bonds. The van der Waals surface area contributed by atoms with E-state index >= 15 is 0 Å². The molecule has 14 heavy (non-hydrogen) atoms. The molecule has 1 heterocycles. The Balaban J connectivity index is 2.45. The number of amides is 1. The first-order chi connectivity index (χ1) is 6.55. The van der Waals surface area contributed by atoms with Gasteiger partial charge in [0, 0.05) is 19.1 Å². The molecule has 0 aromatic rings. The molecule has 4 nitrogen and oxygen atoms in total. The van der Waals surface area contributed by atoms with Gasteiger partial charge in [0.25, 0.3) is 0 Å². The van der Waals surface area contributed by atoms with Crippen LogP contribution in [0.2, 0.25) is 0 Å². The van der Waals surface area contributed by atoms with E-state index in [0.29, 0.717) is 13.2 Å². The summed E-state index contributed by atoms with van der Waals surface area (Å²) in [6, 6.07) is 2.05. The minimum Gasteiger partial charge on any atom is -0.381 e. The van der Waals surface area contributed by atoms with E-state index in [0.717, 1.165) is 12.8 Å².